The quantitative estimate of drug-likeness (QED) is 0.467. The summed E-state index contributed by atoms with van der Waals surface area (Å²) in [5, 5.41) is 4.30. The van der Waals surface area contributed by atoms with Gasteiger partial charge >= 0.3 is 0 Å². The summed E-state index contributed by atoms with van der Waals surface area (Å²) in [5.41, 5.74) is 4.05. The first-order valence-electron chi connectivity index (χ1n) is 7.10. The molecule has 0 bridgehead atoms. The fourth-order valence-electron chi connectivity index (χ4n) is 2.24. The summed E-state index contributed by atoms with van der Waals surface area (Å²) in [7, 11) is 0. The SMILES string of the molecule is CSc1ccc(C(Cc2ncnn2CC(C)C)NN)cc1. The molecule has 0 aliphatic rings. The molecule has 3 N–H and O–H groups in total. The molecule has 1 unspecified atom stereocenters. The molecule has 5 nitrogen and oxygen atoms in total. The van der Waals surface area contributed by atoms with Gasteiger partial charge in [0.1, 0.15) is 12.2 Å². The molecule has 0 aliphatic carbocycles. The van der Waals surface area contributed by atoms with Crippen LogP contribution in [0.1, 0.15) is 31.3 Å². The van der Waals surface area contributed by atoms with Crippen LogP contribution in [0.25, 0.3) is 0 Å². The van der Waals surface area contributed by atoms with Crippen LogP contribution >= 0.6 is 11.8 Å². The molecular weight excluding hydrogens is 282 g/mol. The lowest BCUT2D eigenvalue weighted by molar-refractivity contribution is 0.446. The fraction of sp³-hybridized carbons (Fsp3) is 0.467. The molecule has 2 aromatic rings. The number of thioether (sulfide) groups is 1. The Labute approximate surface area is 130 Å². The van der Waals surface area contributed by atoms with Gasteiger partial charge in [0, 0.05) is 17.9 Å². The molecule has 6 heteroatoms. The van der Waals surface area contributed by atoms with Gasteiger partial charge in [-0.25, -0.2) is 9.67 Å². The average Bonchev–Trinajstić information content (AvgIpc) is 2.91. The molecule has 0 spiro atoms. The van der Waals surface area contributed by atoms with Crippen molar-refractivity contribution in [2.45, 2.75) is 37.8 Å². The molecule has 114 valence electrons. The van der Waals surface area contributed by atoms with Crippen molar-refractivity contribution < 1.29 is 0 Å². The van der Waals surface area contributed by atoms with Crippen molar-refractivity contribution in [3.63, 3.8) is 0 Å². The van der Waals surface area contributed by atoms with E-state index in [1.807, 2.05) is 4.68 Å². The zero-order valence-corrected chi connectivity index (χ0v) is 13.6. The second kappa shape index (κ2) is 7.59. The van der Waals surface area contributed by atoms with Gasteiger partial charge in [0.25, 0.3) is 0 Å². The summed E-state index contributed by atoms with van der Waals surface area (Å²) in [6.45, 7) is 5.22. The first-order chi connectivity index (χ1) is 10.1. The van der Waals surface area contributed by atoms with Gasteiger partial charge in [0.2, 0.25) is 0 Å². The van der Waals surface area contributed by atoms with Crippen LogP contribution in [0.15, 0.2) is 35.5 Å². The second-order valence-corrected chi connectivity index (χ2v) is 6.33. The van der Waals surface area contributed by atoms with E-state index in [2.05, 4.69) is 59.9 Å². The van der Waals surface area contributed by atoms with Crippen molar-refractivity contribution in [2.24, 2.45) is 11.8 Å². The molecule has 1 aromatic heterocycles. The van der Waals surface area contributed by atoms with E-state index in [1.54, 1.807) is 18.1 Å². The van der Waals surface area contributed by atoms with E-state index < -0.39 is 0 Å². The van der Waals surface area contributed by atoms with Gasteiger partial charge in [-0.2, -0.15) is 5.10 Å². The van der Waals surface area contributed by atoms with E-state index >= 15 is 0 Å². The Bertz CT molecular complexity index is 549. The standard InChI is InChI=1S/C15H23N5S/c1-11(2)9-20-15(17-10-18-20)8-14(19-16)12-4-6-13(21-3)7-5-12/h4-7,10-11,14,19H,8-9,16H2,1-3H3. The third-order valence-electron chi connectivity index (χ3n) is 3.34. The van der Waals surface area contributed by atoms with Gasteiger partial charge in [0.05, 0.1) is 6.04 Å². The number of nitrogens with two attached hydrogens (primary N) is 1. The molecule has 0 radical (unpaired) electrons. The van der Waals surface area contributed by atoms with E-state index in [-0.39, 0.29) is 6.04 Å². The van der Waals surface area contributed by atoms with E-state index in [4.69, 9.17) is 5.84 Å². The van der Waals surface area contributed by atoms with Crippen LogP contribution in [0.2, 0.25) is 0 Å². The molecule has 1 aromatic carbocycles. The van der Waals surface area contributed by atoms with Crippen LogP contribution in [0.4, 0.5) is 0 Å². The van der Waals surface area contributed by atoms with Crippen LogP contribution in [0.3, 0.4) is 0 Å². The first kappa shape index (κ1) is 16.0. The predicted octanol–water partition coefficient (Wildman–Crippen LogP) is 2.40. The molecule has 1 atom stereocenters. The minimum absolute atomic E-state index is 0.0380. The number of benzene rings is 1. The number of hydrogen-bond acceptors (Lipinski definition) is 5. The monoisotopic (exact) mass is 305 g/mol. The van der Waals surface area contributed by atoms with Gasteiger partial charge in [0.15, 0.2) is 0 Å². The maximum atomic E-state index is 5.73. The Balaban J connectivity index is 2.13. The summed E-state index contributed by atoms with van der Waals surface area (Å²) < 4.78 is 1.96. The molecule has 0 saturated heterocycles. The number of hydrogen-bond donors (Lipinski definition) is 2. The summed E-state index contributed by atoms with van der Waals surface area (Å²) >= 11 is 1.73. The van der Waals surface area contributed by atoms with Gasteiger partial charge in [-0.3, -0.25) is 11.3 Å². The molecule has 0 fully saturated rings. The molecule has 0 aliphatic heterocycles. The van der Waals surface area contributed by atoms with Crippen molar-refractivity contribution in [3.8, 4) is 0 Å². The topological polar surface area (TPSA) is 68.8 Å². The molecule has 0 amide bonds. The average molecular weight is 305 g/mol. The number of nitrogens with zero attached hydrogens (tertiary/aromatic N) is 3. The number of aromatic nitrogens is 3. The Morgan fingerprint density at radius 3 is 2.57 bits per heavy atom. The largest absolute Gasteiger partial charge is 0.271 e. The van der Waals surface area contributed by atoms with Gasteiger partial charge in [-0.1, -0.05) is 26.0 Å². The highest BCUT2D eigenvalue weighted by atomic mass is 32.2. The van der Waals surface area contributed by atoms with Crippen molar-refractivity contribution >= 4 is 11.8 Å². The molecule has 21 heavy (non-hydrogen) atoms. The Hall–Kier alpha value is -1.37. The Morgan fingerprint density at radius 2 is 2.00 bits per heavy atom. The van der Waals surface area contributed by atoms with Gasteiger partial charge in [-0.15, -0.1) is 11.8 Å². The van der Waals surface area contributed by atoms with Crippen LogP contribution in [0.5, 0.6) is 0 Å². The second-order valence-electron chi connectivity index (χ2n) is 5.45. The van der Waals surface area contributed by atoms with E-state index in [9.17, 15) is 0 Å². The van der Waals surface area contributed by atoms with Crippen molar-refractivity contribution in [2.75, 3.05) is 6.26 Å². The lowest BCUT2D eigenvalue weighted by Crippen LogP contribution is -2.30. The number of rotatable bonds is 7. The molecular formula is C15H23N5S. The number of hydrazine groups is 1. The van der Waals surface area contributed by atoms with Gasteiger partial charge in [-0.05, 0) is 29.9 Å². The van der Waals surface area contributed by atoms with E-state index in [0.29, 0.717) is 5.92 Å². The highest BCUT2D eigenvalue weighted by Gasteiger charge is 2.15. The number of nitrogens with one attached hydrogen (secondary N) is 1. The van der Waals surface area contributed by atoms with Crippen molar-refractivity contribution in [1.82, 2.24) is 20.2 Å². The highest BCUT2D eigenvalue weighted by Crippen LogP contribution is 2.21. The third-order valence-corrected chi connectivity index (χ3v) is 4.08. The summed E-state index contributed by atoms with van der Waals surface area (Å²) in [6.07, 6.45) is 4.41. The van der Waals surface area contributed by atoms with E-state index in [0.717, 1.165) is 24.4 Å². The molecule has 2 rings (SSSR count). The lowest BCUT2D eigenvalue weighted by Gasteiger charge is -2.17. The third kappa shape index (κ3) is 4.30. The first-order valence-corrected chi connectivity index (χ1v) is 8.33. The highest BCUT2D eigenvalue weighted by molar-refractivity contribution is 7.98. The van der Waals surface area contributed by atoms with Crippen LogP contribution in [-0.4, -0.2) is 21.0 Å². The van der Waals surface area contributed by atoms with Gasteiger partial charge < -0.3 is 0 Å². The molecule has 1 heterocycles. The smallest absolute Gasteiger partial charge is 0.138 e. The predicted molar refractivity (Wildman–Crippen MR) is 86.9 cm³/mol. The zero-order valence-electron chi connectivity index (χ0n) is 12.8. The summed E-state index contributed by atoms with van der Waals surface area (Å²) in [6, 6.07) is 8.49. The van der Waals surface area contributed by atoms with Crippen LogP contribution < -0.4 is 11.3 Å². The fourth-order valence-corrected chi connectivity index (χ4v) is 2.64. The summed E-state index contributed by atoms with van der Waals surface area (Å²) in [5.74, 6) is 7.23. The van der Waals surface area contributed by atoms with Crippen molar-refractivity contribution in [1.29, 1.82) is 0 Å². The minimum Gasteiger partial charge on any atom is -0.271 e. The van der Waals surface area contributed by atoms with Crippen LogP contribution in [0, 0.1) is 5.92 Å². The summed E-state index contributed by atoms with van der Waals surface area (Å²) in [4.78, 5) is 5.62. The normalized spacial score (nSPS) is 12.8. The zero-order chi connectivity index (χ0) is 15.2. The Kier molecular flexibility index (Phi) is 5.78. The van der Waals surface area contributed by atoms with Crippen LogP contribution in [-0.2, 0) is 13.0 Å². The Morgan fingerprint density at radius 1 is 1.29 bits per heavy atom. The maximum Gasteiger partial charge on any atom is 0.138 e. The lowest BCUT2D eigenvalue weighted by atomic mass is 10.0. The molecule has 0 saturated carbocycles. The van der Waals surface area contributed by atoms with E-state index in [1.165, 1.54) is 4.90 Å². The minimum atomic E-state index is 0.0380. The maximum absolute atomic E-state index is 5.73. The van der Waals surface area contributed by atoms with Crippen molar-refractivity contribution in [3.05, 3.63) is 42.0 Å².